The van der Waals surface area contributed by atoms with E-state index in [1.807, 2.05) is 25.2 Å². The molecule has 0 saturated heterocycles. The monoisotopic (exact) mass is 333 g/mol. The number of hydrogen-bond acceptors (Lipinski definition) is 3. The Morgan fingerprint density at radius 2 is 1.83 bits per heavy atom. The minimum atomic E-state index is -3.69. The molecule has 0 aromatic heterocycles. The van der Waals surface area contributed by atoms with E-state index in [9.17, 15) is 13.2 Å². The lowest BCUT2D eigenvalue weighted by atomic mass is 9.70. The summed E-state index contributed by atoms with van der Waals surface area (Å²) in [4.78, 5) is 11.7. The average molecular weight is 333 g/mol. The summed E-state index contributed by atoms with van der Waals surface area (Å²) in [5, 5.41) is 0. The van der Waals surface area contributed by atoms with Crippen LogP contribution in [0.15, 0.2) is 53.5 Å². The number of aldehydes is 1. The predicted molar refractivity (Wildman–Crippen MR) is 91.7 cm³/mol. The molecule has 2 unspecified atom stereocenters. The van der Waals surface area contributed by atoms with E-state index in [2.05, 4.69) is 4.72 Å². The van der Waals surface area contributed by atoms with E-state index in [0.29, 0.717) is 5.56 Å². The molecule has 0 aliphatic heterocycles. The number of allylic oxidation sites excluding steroid dienone is 4. The van der Waals surface area contributed by atoms with Crippen molar-refractivity contribution >= 4 is 16.3 Å². The maximum absolute atomic E-state index is 12.8. The average Bonchev–Trinajstić information content (AvgIpc) is 2.45. The Bertz CT molecular complexity index is 757. The first-order valence-corrected chi connectivity index (χ1v) is 9.03. The van der Waals surface area contributed by atoms with Gasteiger partial charge in [0.05, 0.1) is 4.90 Å². The van der Waals surface area contributed by atoms with Crippen LogP contribution >= 0.6 is 0 Å². The van der Waals surface area contributed by atoms with Crippen molar-refractivity contribution in [2.45, 2.75) is 43.5 Å². The van der Waals surface area contributed by atoms with Gasteiger partial charge >= 0.3 is 0 Å². The highest BCUT2D eigenvalue weighted by Gasteiger charge is 2.38. The molecule has 0 fully saturated rings. The van der Waals surface area contributed by atoms with Gasteiger partial charge in [-0.2, -0.15) is 0 Å². The Kier molecular flexibility index (Phi) is 4.64. The number of sulfonamides is 1. The zero-order valence-corrected chi connectivity index (χ0v) is 14.7. The van der Waals surface area contributed by atoms with E-state index in [0.717, 1.165) is 6.29 Å². The standard InChI is InChI=1S/C18H23NO3S/c1-17(2,3)19-23(21,22)16-11-6-5-10-15(16)18(4)12-8-7-9-14(18)13-20/h5-14,19H,1-4H3. The topological polar surface area (TPSA) is 63.2 Å². The van der Waals surface area contributed by atoms with Gasteiger partial charge in [0, 0.05) is 16.9 Å². The van der Waals surface area contributed by atoms with Gasteiger partial charge in [0.2, 0.25) is 10.0 Å². The second kappa shape index (κ2) is 6.06. The number of nitrogens with one attached hydrogen (secondary N) is 1. The number of carbonyl (C=O) groups excluding carboxylic acids is 1. The number of benzene rings is 1. The smallest absolute Gasteiger partial charge is 0.241 e. The summed E-state index contributed by atoms with van der Waals surface area (Å²) in [5.41, 5.74) is -0.659. The van der Waals surface area contributed by atoms with Gasteiger partial charge in [0.1, 0.15) is 6.29 Å². The highest BCUT2D eigenvalue weighted by molar-refractivity contribution is 7.89. The fourth-order valence-corrected chi connectivity index (χ4v) is 4.56. The zero-order chi connectivity index (χ0) is 17.3. The Morgan fingerprint density at radius 1 is 1.17 bits per heavy atom. The van der Waals surface area contributed by atoms with Gasteiger partial charge in [0.15, 0.2) is 0 Å². The van der Waals surface area contributed by atoms with E-state index in [4.69, 9.17) is 0 Å². The lowest BCUT2D eigenvalue weighted by Crippen LogP contribution is -2.42. The van der Waals surface area contributed by atoms with Gasteiger partial charge in [-0.15, -0.1) is 0 Å². The summed E-state index contributed by atoms with van der Waals surface area (Å²) >= 11 is 0. The van der Waals surface area contributed by atoms with Crippen molar-refractivity contribution in [1.82, 2.24) is 4.72 Å². The van der Waals surface area contributed by atoms with Gasteiger partial charge < -0.3 is 4.79 Å². The fourth-order valence-electron chi connectivity index (χ4n) is 2.81. The molecule has 124 valence electrons. The van der Waals surface area contributed by atoms with E-state index in [1.54, 1.807) is 51.1 Å². The normalized spacial score (nSPS) is 24.6. The highest BCUT2D eigenvalue weighted by atomic mass is 32.2. The third-order valence-electron chi connectivity index (χ3n) is 3.91. The van der Waals surface area contributed by atoms with Crippen molar-refractivity contribution in [2.75, 3.05) is 0 Å². The molecular formula is C18H23NO3S. The molecule has 0 heterocycles. The van der Waals surface area contributed by atoms with Gasteiger partial charge in [-0.25, -0.2) is 13.1 Å². The summed E-state index contributed by atoms with van der Waals surface area (Å²) in [7, 11) is -3.69. The zero-order valence-electron chi connectivity index (χ0n) is 13.9. The van der Waals surface area contributed by atoms with E-state index in [1.165, 1.54) is 0 Å². The number of hydrogen-bond donors (Lipinski definition) is 1. The lowest BCUT2D eigenvalue weighted by molar-refractivity contribution is -0.111. The fraction of sp³-hybridized carbons (Fsp3) is 0.389. The third-order valence-corrected chi connectivity index (χ3v) is 5.72. The third kappa shape index (κ3) is 3.62. The van der Waals surface area contributed by atoms with E-state index >= 15 is 0 Å². The first kappa shape index (κ1) is 17.6. The van der Waals surface area contributed by atoms with Gasteiger partial charge in [-0.1, -0.05) is 49.4 Å². The largest absolute Gasteiger partial charge is 0.303 e. The highest BCUT2D eigenvalue weighted by Crippen LogP contribution is 2.39. The van der Waals surface area contributed by atoms with Crippen molar-refractivity contribution in [3.8, 4) is 0 Å². The molecule has 1 aliphatic carbocycles. The molecule has 1 aromatic rings. The van der Waals surface area contributed by atoms with E-state index in [-0.39, 0.29) is 4.90 Å². The predicted octanol–water partition coefficient (Wildman–Crippen LogP) is 2.96. The first-order valence-electron chi connectivity index (χ1n) is 7.55. The van der Waals surface area contributed by atoms with Gasteiger partial charge in [0.25, 0.3) is 0 Å². The molecule has 0 bridgehead atoms. The SMILES string of the molecule is CC(C)(C)NS(=O)(=O)c1ccccc1C1(C)C=CC=CC1C=O. The van der Waals surface area contributed by atoms with E-state index < -0.39 is 26.9 Å². The first-order chi connectivity index (χ1) is 10.6. The van der Waals surface area contributed by atoms with Gasteiger partial charge in [-0.05, 0) is 32.4 Å². The van der Waals surface area contributed by atoms with Crippen LogP contribution in [0.3, 0.4) is 0 Å². The molecule has 2 atom stereocenters. The Morgan fingerprint density at radius 3 is 2.43 bits per heavy atom. The molecule has 0 saturated carbocycles. The second-order valence-corrected chi connectivity index (χ2v) is 8.69. The molecule has 1 aromatic carbocycles. The van der Waals surface area contributed by atoms with Crippen molar-refractivity contribution in [3.63, 3.8) is 0 Å². The molecule has 5 heteroatoms. The minimum Gasteiger partial charge on any atom is -0.303 e. The van der Waals surface area contributed by atoms with Crippen molar-refractivity contribution in [1.29, 1.82) is 0 Å². The molecule has 23 heavy (non-hydrogen) atoms. The van der Waals surface area contributed by atoms with Crippen LogP contribution in [0.1, 0.15) is 33.3 Å². The molecule has 0 spiro atoms. The Hall–Kier alpha value is -1.72. The summed E-state index contributed by atoms with van der Waals surface area (Å²) in [6, 6.07) is 6.85. The molecule has 0 amide bonds. The quantitative estimate of drug-likeness (QED) is 0.862. The maximum atomic E-state index is 12.8. The summed E-state index contributed by atoms with van der Waals surface area (Å²) in [6.07, 6.45) is 8.21. The molecule has 1 aliphatic rings. The second-order valence-electron chi connectivity index (χ2n) is 7.04. The molecule has 0 radical (unpaired) electrons. The maximum Gasteiger partial charge on any atom is 0.241 e. The van der Waals surface area contributed by atoms with Crippen LogP contribution < -0.4 is 4.72 Å². The lowest BCUT2D eigenvalue weighted by Gasteiger charge is -2.34. The van der Waals surface area contributed by atoms with Crippen LogP contribution in [-0.4, -0.2) is 20.2 Å². The summed E-state index contributed by atoms with van der Waals surface area (Å²) < 4.78 is 28.3. The molecular weight excluding hydrogens is 310 g/mol. The van der Waals surface area contributed by atoms with Crippen molar-refractivity contribution in [2.24, 2.45) is 5.92 Å². The Labute approximate surface area is 138 Å². The van der Waals surface area contributed by atoms with Crippen LogP contribution in [-0.2, 0) is 20.2 Å². The molecule has 2 rings (SSSR count). The van der Waals surface area contributed by atoms with Crippen LogP contribution in [0.25, 0.3) is 0 Å². The summed E-state index contributed by atoms with van der Waals surface area (Å²) in [5.74, 6) is -0.404. The summed E-state index contributed by atoms with van der Waals surface area (Å²) in [6.45, 7) is 7.28. The Balaban J connectivity index is 2.61. The van der Waals surface area contributed by atoms with Crippen molar-refractivity contribution < 1.29 is 13.2 Å². The van der Waals surface area contributed by atoms with Gasteiger partial charge in [-0.3, -0.25) is 0 Å². The molecule has 1 N–H and O–H groups in total. The van der Waals surface area contributed by atoms with Crippen LogP contribution in [0.4, 0.5) is 0 Å². The van der Waals surface area contributed by atoms with Crippen LogP contribution in [0.2, 0.25) is 0 Å². The number of carbonyl (C=O) groups is 1. The van der Waals surface area contributed by atoms with Crippen LogP contribution in [0, 0.1) is 5.92 Å². The van der Waals surface area contributed by atoms with Crippen LogP contribution in [0.5, 0.6) is 0 Å². The van der Waals surface area contributed by atoms with Crippen molar-refractivity contribution in [3.05, 3.63) is 54.1 Å². The minimum absolute atomic E-state index is 0.212. The molecule has 4 nitrogen and oxygen atoms in total. The number of rotatable bonds is 4.